The van der Waals surface area contributed by atoms with Gasteiger partial charge in [-0.2, -0.15) is 0 Å². The highest BCUT2D eigenvalue weighted by atomic mass is 16.4. The third-order valence-corrected chi connectivity index (χ3v) is 4.07. The van der Waals surface area contributed by atoms with E-state index in [9.17, 15) is 9.90 Å². The second-order valence-corrected chi connectivity index (χ2v) is 5.12. The van der Waals surface area contributed by atoms with Crippen LogP contribution in [0.15, 0.2) is 18.3 Å². The largest absolute Gasteiger partial charge is 0.481 e. The van der Waals surface area contributed by atoms with Gasteiger partial charge in [0.1, 0.15) is 5.82 Å². The lowest BCUT2D eigenvalue weighted by atomic mass is 9.76. The summed E-state index contributed by atoms with van der Waals surface area (Å²) in [5.74, 6) is 0.303. The predicted octanol–water partition coefficient (Wildman–Crippen LogP) is 2.47. The molecule has 4 nitrogen and oxygen atoms in total. The van der Waals surface area contributed by atoms with Crippen molar-refractivity contribution in [1.82, 2.24) is 4.98 Å². The first kappa shape index (κ1) is 12.9. The summed E-state index contributed by atoms with van der Waals surface area (Å²) in [6.07, 6.45) is 3.97. The van der Waals surface area contributed by atoms with E-state index in [0.29, 0.717) is 19.3 Å². The molecule has 1 aliphatic heterocycles. The van der Waals surface area contributed by atoms with Crippen LogP contribution >= 0.6 is 0 Å². The Morgan fingerprint density at radius 3 is 2.56 bits per heavy atom. The average molecular weight is 248 g/mol. The smallest absolute Gasteiger partial charge is 0.309 e. The summed E-state index contributed by atoms with van der Waals surface area (Å²) in [7, 11) is 0. The van der Waals surface area contributed by atoms with E-state index in [2.05, 4.69) is 9.88 Å². The van der Waals surface area contributed by atoms with Gasteiger partial charge in [0.05, 0.1) is 5.41 Å². The number of pyridine rings is 1. The third kappa shape index (κ3) is 2.33. The number of rotatable bonds is 3. The first-order chi connectivity index (χ1) is 8.57. The van der Waals surface area contributed by atoms with E-state index in [-0.39, 0.29) is 0 Å². The number of piperidine rings is 1. The minimum absolute atomic E-state index is 0.527. The monoisotopic (exact) mass is 248 g/mol. The number of carboxylic acid groups (broad SMARTS) is 1. The summed E-state index contributed by atoms with van der Waals surface area (Å²) in [6.45, 7) is 5.53. The maximum absolute atomic E-state index is 11.4. The van der Waals surface area contributed by atoms with Crippen LogP contribution in [0.3, 0.4) is 0 Å². The summed E-state index contributed by atoms with van der Waals surface area (Å²) >= 11 is 0. The topological polar surface area (TPSA) is 53.4 Å². The molecule has 2 rings (SSSR count). The van der Waals surface area contributed by atoms with Gasteiger partial charge in [-0.05, 0) is 37.8 Å². The summed E-state index contributed by atoms with van der Waals surface area (Å²) in [6, 6.07) is 4.05. The second kappa shape index (κ2) is 4.96. The minimum Gasteiger partial charge on any atom is -0.481 e. The first-order valence-electron chi connectivity index (χ1n) is 6.48. The van der Waals surface area contributed by atoms with Crippen LogP contribution in [0.2, 0.25) is 0 Å². The van der Waals surface area contributed by atoms with Crippen LogP contribution in [0.5, 0.6) is 0 Å². The van der Waals surface area contributed by atoms with Crippen molar-refractivity contribution in [1.29, 1.82) is 0 Å². The van der Waals surface area contributed by atoms with E-state index in [4.69, 9.17) is 0 Å². The Labute approximate surface area is 108 Å². The van der Waals surface area contributed by atoms with Crippen LogP contribution in [-0.4, -0.2) is 29.1 Å². The van der Waals surface area contributed by atoms with Gasteiger partial charge in [0.15, 0.2) is 0 Å². The van der Waals surface area contributed by atoms with E-state index in [1.807, 2.05) is 32.2 Å². The molecule has 0 bridgehead atoms. The normalized spacial score (nSPS) is 18.7. The fraction of sp³-hybridized carbons (Fsp3) is 0.571. The predicted molar refractivity (Wildman–Crippen MR) is 70.8 cm³/mol. The highest BCUT2D eigenvalue weighted by Crippen LogP contribution is 2.36. The second-order valence-electron chi connectivity index (χ2n) is 5.12. The van der Waals surface area contributed by atoms with Gasteiger partial charge in [-0.15, -0.1) is 0 Å². The lowest BCUT2D eigenvalue weighted by Crippen LogP contribution is -2.44. The van der Waals surface area contributed by atoms with Crippen molar-refractivity contribution in [2.24, 2.45) is 5.41 Å². The Morgan fingerprint density at radius 1 is 1.44 bits per heavy atom. The van der Waals surface area contributed by atoms with Crippen molar-refractivity contribution >= 4 is 11.8 Å². The fourth-order valence-electron chi connectivity index (χ4n) is 2.53. The van der Waals surface area contributed by atoms with Gasteiger partial charge in [0, 0.05) is 19.3 Å². The molecule has 1 fully saturated rings. The lowest BCUT2D eigenvalue weighted by molar-refractivity contribution is -0.150. The number of anilines is 1. The summed E-state index contributed by atoms with van der Waals surface area (Å²) < 4.78 is 0. The number of nitrogens with zero attached hydrogens (tertiary/aromatic N) is 2. The van der Waals surface area contributed by atoms with Gasteiger partial charge in [-0.3, -0.25) is 4.79 Å². The fourth-order valence-corrected chi connectivity index (χ4v) is 2.53. The van der Waals surface area contributed by atoms with Crippen LogP contribution in [0.25, 0.3) is 0 Å². The van der Waals surface area contributed by atoms with Crippen LogP contribution in [0.4, 0.5) is 5.82 Å². The number of aryl methyl sites for hydroxylation is 1. The molecule has 0 aliphatic carbocycles. The number of hydrogen-bond acceptors (Lipinski definition) is 3. The number of hydrogen-bond donors (Lipinski definition) is 1. The molecule has 1 aliphatic rings. The highest BCUT2D eigenvalue weighted by molar-refractivity contribution is 5.75. The van der Waals surface area contributed by atoms with Gasteiger partial charge < -0.3 is 10.0 Å². The van der Waals surface area contributed by atoms with Gasteiger partial charge in [-0.25, -0.2) is 4.98 Å². The zero-order chi connectivity index (χ0) is 13.2. The zero-order valence-electron chi connectivity index (χ0n) is 11.0. The molecule has 18 heavy (non-hydrogen) atoms. The van der Waals surface area contributed by atoms with Crippen LogP contribution in [0, 0.1) is 12.3 Å². The van der Waals surface area contributed by atoms with Gasteiger partial charge in [-0.1, -0.05) is 13.0 Å². The van der Waals surface area contributed by atoms with E-state index in [1.54, 1.807) is 0 Å². The number of carboxylic acids is 1. The molecule has 0 unspecified atom stereocenters. The average Bonchev–Trinajstić information content (AvgIpc) is 2.39. The third-order valence-electron chi connectivity index (χ3n) is 4.07. The van der Waals surface area contributed by atoms with Crippen LogP contribution in [0.1, 0.15) is 31.7 Å². The van der Waals surface area contributed by atoms with Gasteiger partial charge in [0.25, 0.3) is 0 Å². The van der Waals surface area contributed by atoms with Crippen molar-refractivity contribution in [3.8, 4) is 0 Å². The molecule has 0 spiro atoms. The summed E-state index contributed by atoms with van der Waals surface area (Å²) in [5.41, 5.74) is 0.616. The quantitative estimate of drug-likeness (QED) is 0.892. The SMILES string of the molecule is CCC1(C(=O)O)CCN(c2ccc(C)cn2)CC1. The van der Waals surface area contributed by atoms with Gasteiger partial charge >= 0.3 is 5.97 Å². The zero-order valence-corrected chi connectivity index (χ0v) is 11.0. The molecule has 1 saturated heterocycles. The van der Waals surface area contributed by atoms with Crippen molar-refractivity contribution in [3.05, 3.63) is 23.9 Å². The van der Waals surface area contributed by atoms with E-state index >= 15 is 0 Å². The molecule has 0 amide bonds. The van der Waals surface area contributed by atoms with Gasteiger partial charge in [0.2, 0.25) is 0 Å². The van der Waals surface area contributed by atoms with Crippen molar-refractivity contribution < 1.29 is 9.90 Å². The maximum atomic E-state index is 11.4. The number of aliphatic carboxylic acids is 1. The molecule has 1 N–H and O–H groups in total. The first-order valence-corrected chi connectivity index (χ1v) is 6.48. The van der Waals surface area contributed by atoms with Crippen molar-refractivity contribution in [2.75, 3.05) is 18.0 Å². The molecule has 0 saturated carbocycles. The highest BCUT2D eigenvalue weighted by Gasteiger charge is 2.39. The van der Waals surface area contributed by atoms with Crippen LogP contribution in [-0.2, 0) is 4.79 Å². The maximum Gasteiger partial charge on any atom is 0.309 e. The summed E-state index contributed by atoms with van der Waals surface area (Å²) in [5, 5.41) is 9.35. The molecule has 1 aromatic heterocycles. The minimum atomic E-state index is -0.651. The molecule has 4 heteroatoms. The molecule has 98 valence electrons. The molecule has 2 heterocycles. The Balaban J connectivity index is 2.06. The molecule has 0 atom stereocenters. The molecule has 1 aromatic rings. The van der Waals surface area contributed by atoms with E-state index in [0.717, 1.165) is 24.5 Å². The Kier molecular flexibility index (Phi) is 3.55. The van der Waals surface area contributed by atoms with E-state index in [1.165, 1.54) is 0 Å². The molecular weight excluding hydrogens is 228 g/mol. The number of aromatic nitrogens is 1. The number of carbonyl (C=O) groups is 1. The van der Waals surface area contributed by atoms with Crippen molar-refractivity contribution in [2.45, 2.75) is 33.1 Å². The Hall–Kier alpha value is -1.58. The Bertz CT molecular complexity index is 420. The van der Waals surface area contributed by atoms with Crippen molar-refractivity contribution in [3.63, 3.8) is 0 Å². The van der Waals surface area contributed by atoms with Crippen LogP contribution < -0.4 is 4.90 Å². The van der Waals surface area contributed by atoms with E-state index < -0.39 is 11.4 Å². The molecule has 0 radical (unpaired) electrons. The molecule has 0 aromatic carbocycles. The lowest BCUT2D eigenvalue weighted by Gasteiger charge is -2.38. The standard InChI is InChI=1S/C14H20N2O2/c1-3-14(13(17)18)6-8-16(9-7-14)12-5-4-11(2)10-15-12/h4-5,10H,3,6-9H2,1-2H3,(H,17,18). The molecular formula is C14H20N2O2. The Morgan fingerprint density at radius 2 is 2.11 bits per heavy atom. The summed E-state index contributed by atoms with van der Waals surface area (Å²) in [4.78, 5) is 17.9.